The van der Waals surface area contributed by atoms with Crippen LogP contribution in [0.4, 0.5) is 0 Å². The van der Waals surface area contributed by atoms with Crippen LogP contribution in [-0.2, 0) is 20.7 Å². The minimum Gasteiger partial charge on any atom is -0.367 e. The van der Waals surface area contributed by atoms with Crippen molar-refractivity contribution in [2.75, 3.05) is 19.7 Å². The van der Waals surface area contributed by atoms with Gasteiger partial charge in [0.1, 0.15) is 5.60 Å². The van der Waals surface area contributed by atoms with Gasteiger partial charge in [0, 0.05) is 12.0 Å². The van der Waals surface area contributed by atoms with Crippen molar-refractivity contribution in [1.29, 1.82) is 0 Å². The van der Waals surface area contributed by atoms with Gasteiger partial charge in [-0.1, -0.05) is 44.2 Å². The highest BCUT2D eigenvalue weighted by molar-refractivity contribution is 6.00. The second kappa shape index (κ2) is 6.17. The van der Waals surface area contributed by atoms with Crippen LogP contribution in [0.1, 0.15) is 32.8 Å². The van der Waals surface area contributed by atoms with E-state index in [2.05, 4.69) is 0 Å². The Labute approximate surface area is 143 Å². The molecule has 0 N–H and O–H groups in total. The molecule has 1 fully saturated rings. The molecule has 0 radical (unpaired) electrons. The van der Waals surface area contributed by atoms with Crippen molar-refractivity contribution in [2.24, 2.45) is 5.41 Å². The lowest BCUT2D eigenvalue weighted by atomic mass is 9.69. The summed E-state index contributed by atoms with van der Waals surface area (Å²) in [6.45, 7) is 7.40. The zero-order chi connectivity index (χ0) is 17.4. The molecule has 4 nitrogen and oxygen atoms in total. The third-order valence-corrected chi connectivity index (χ3v) is 4.95. The van der Waals surface area contributed by atoms with Crippen LogP contribution in [0.5, 0.6) is 0 Å². The van der Waals surface area contributed by atoms with E-state index >= 15 is 0 Å². The van der Waals surface area contributed by atoms with Gasteiger partial charge in [0.25, 0.3) is 0 Å². The predicted molar refractivity (Wildman–Crippen MR) is 92.6 cm³/mol. The van der Waals surface area contributed by atoms with Gasteiger partial charge in [0.2, 0.25) is 5.91 Å². The summed E-state index contributed by atoms with van der Waals surface area (Å²) in [6.07, 6.45) is 2.95. The Hall–Kier alpha value is -1.94. The van der Waals surface area contributed by atoms with Crippen LogP contribution in [-0.4, -0.2) is 41.9 Å². The van der Waals surface area contributed by atoms with Gasteiger partial charge in [-0.05, 0) is 30.6 Å². The van der Waals surface area contributed by atoms with E-state index in [9.17, 15) is 9.59 Å². The van der Waals surface area contributed by atoms with E-state index in [-0.39, 0.29) is 11.7 Å². The number of allylic oxidation sites excluding steroid dienone is 1. The molecule has 0 saturated carbocycles. The third-order valence-electron chi connectivity index (χ3n) is 4.95. The van der Waals surface area contributed by atoms with Crippen LogP contribution >= 0.6 is 0 Å². The second-order valence-electron chi connectivity index (χ2n) is 7.61. The lowest BCUT2D eigenvalue weighted by Gasteiger charge is -2.47. The molecule has 1 unspecified atom stereocenters. The van der Waals surface area contributed by atoms with E-state index in [1.165, 1.54) is 0 Å². The summed E-state index contributed by atoms with van der Waals surface area (Å²) >= 11 is 0. The van der Waals surface area contributed by atoms with Crippen LogP contribution in [0.3, 0.4) is 0 Å². The number of carbonyl (C=O) groups excluding carboxylic acids is 2. The molecule has 1 aliphatic heterocycles. The van der Waals surface area contributed by atoms with Gasteiger partial charge < -0.3 is 9.64 Å². The predicted octanol–water partition coefficient (Wildman–Crippen LogP) is 2.77. The van der Waals surface area contributed by atoms with E-state index in [1.807, 2.05) is 62.1 Å². The summed E-state index contributed by atoms with van der Waals surface area (Å²) in [4.78, 5) is 26.9. The summed E-state index contributed by atoms with van der Waals surface area (Å²) in [5, 5.41) is 0. The molecule has 1 aromatic rings. The number of carbonyl (C=O) groups is 2. The minimum absolute atomic E-state index is 0.115. The quantitative estimate of drug-likeness (QED) is 0.839. The van der Waals surface area contributed by atoms with Gasteiger partial charge in [-0.3, -0.25) is 9.59 Å². The molecule has 2 aliphatic rings. The summed E-state index contributed by atoms with van der Waals surface area (Å²) in [7, 11) is 0. The number of rotatable bonds is 2. The molecule has 1 amide bonds. The molecule has 1 aliphatic carbocycles. The maximum Gasteiger partial charge on any atom is 0.227 e. The third kappa shape index (κ3) is 3.29. The number of hydrogen-bond acceptors (Lipinski definition) is 3. The fraction of sp³-hybridized carbons (Fsp3) is 0.500. The average Bonchev–Trinajstić information content (AvgIpc) is 2.53. The van der Waals surface area contributed by atoms with Crippen molar-refractivity contribution < 1.29 is 14.3 Å². The molecule has 1 atom stereocenters. The van der Waals surface area contributed by atoms with E-state index in [4.69, 9.17) is 4.74 Å². The van der Waals surface area contributed by atoms with Crippen molar-refractivity contribution in [3.8, 4) is 0 Å². The zero-order valence-corrected chi connectivity index (χ0v) is 14.7. The molecule has 1 heterocycles. The molecule has 1 saturated heterocycles. The highest BCUT2D eigenvalue weighted by atomic mass is 16.5. The first-order valence-electron chi connectivity index (χ1n) is 8.51. The number of ketones is 1. The molecule has 128 valence electrons. The van der Waals surface area contributed by atoms with Crippen molar-refractivity contribution in [2.45, 2.75) is 39.2 Å². The number of morpholine rings is 1. The van der Waals surface area contributed by atoms with Crippen LogP contribution in [0.2, 0.25) is 0 Å². The molecular weight excluding hydrogens is 302 g/mol. The Morgan fingerprint density at radius 2 is 1.96 bits per heavy atom. The van der Waals surface area contributed by atoms with E-state index in [0.29, 0.717) is 32.5 Å². The number of hydrogen-bond donors (Lipinski definition) is 0. The number of Topliss-reactive ketones (excluding diaryl/α,β-unsaturated/α-hetero) is 1. The first-order valence-corrected chi connectivity index (χ1v) is 8.51. The highest BCUT2D eigenvalue weighted by Gasteiger charge is 2.47. The van der Waals surface area contributed by atoms with Crippen LogP contribution in [0.25, 0.3) is 0 Å². The normalized spacial score (nSPS) is 26.4. The Morgan fingerprint density at radius 3 is 2.62 bits per heavy atom. The summed E-state index contributed by atoms with van der Waals surface area (Å²) < 4.78 is 6.07. The SMILES string of the molecule is CC1=CC2(CN(C(=O)Cc3ccccc3)CCO2)CC(C)(C)C1=O. The van der Waals surface area contributed by atoms with Gasteiger partial charge in [0.05, 0.1) is 19.6 Å². The Bertz CT molecular complexity index is 677. The molecule has 0 bridgehead atoms. The second-order valence-corrected chi connectivity index (χ2v) is 7.61. The topological polar surface area (TPSA) is 46.6 Å². The van der Waals surface area contributed by atoms with Crippen LogP contribution < -0.4 is 0 Å². The number of benzene rings is 1. The highest BCUT2D eigenvalue weighted by Crippen LogP contribution is 2.41. The Balaban J connectivity index is 1.77. The van der Waals surface area contributed by atoms with Gasteiger partial charge in [-0.25, -0.2) is 0 Å². The van der Waals surface area contributed by atoms with Crippen LogP contribution in [0, 0.1) is 5.41 Å². The van der Waals surface area contributed by atoms with Crippen molar-refractivity contribution in [3.63, 3.8) is 0 Å². The van der Waals surface area contributed by atoms with Crippen molar-refractivity contribution in [3.05, 3.63) is 47.5 Å². The van der Waals surface area contributed by atoms with E-state index < -0.39 is 11.0 Å². The van der Waals surface area contributed by atoms with Gasteiger partial charge in [-0.2, -0.15) is 0 Å². The van der Waals surface area contributed by atoms with Gasteiger partial charge >= 0.3 is 0 Å². The average molecular weight is 327 g/mol. The molecule has 1 spiro atoms. The smallest absolute Gasteiger partial charge is 0.227 e. The number of ether oxygens (including phenoxy) is 1. The lowest BCUT2D eigenvalue weighted by Crippen LogP contribution is -2.57. The maximum absolute atomic E-state index is 12.7. The monoisotopic (exact) mass is 327 g/mol. The first-order chi connectivity index (χ1) is 11.3. The summed E-state index contributed by atoms with van der Waals surface area (Å²) in [5.74, 6) is 0.286. The molecular formula is C20H25NO3. The van der Waals surface area contributed by atoms with Gasteiger partial charge in [-0.15, -0.1) is 0 Å². The number of amides is 1. The Morgan fingerprint density at radius 1 is 1.25 bits per heavy atom. The number of nitrogens with zero attached hydrogens (tertiary/aromatic N) is 1. The van der Waals surface area contributed by atoms with Gasteiger partial charge in [0.15, 0.2) is 5.78 Å². The zero-order valence-electron chi connectivity index (χ0n) is 14.7. The van der Waals surface area contributed by atoms with E-state index in [0.717, 1.165) is 11.1 Å². The molecule has 24 heavy (non-hydrogen) atoms. The van der Waals surface area contributed by atoms with Crippen molar-refractivity contribution >= 4 is 11.7 Å². The lowest BCUT2D eigenvalue weighted by molar-refractivity contribution is -0.151. The first kappa shape index (κ1) is 16.9. The molecule has 1 aromatic carbocycles. The Kier molecular flexibility index (Phi) is 4.35. The fourth-order valence-electron chi connectivity index (χ4n) is 3.97. The minimum atomic E-state index is -0.536. The summed E-state index contributed by atoms with van der Waals surface area (Å²) in [5.41, 5.74) is 0.772. The van der Waals surface area contributed by atoms with Crippen molar-refractivity contribution in [1.82, 2.24) is 4.90 Å². The van der Waals surface area contributed by atoms with E-state index in [1.54, 1.807) is 0 Å². The maximum atomic E-state index is 12.7. The largest absolute Gasteiger partial charge is 0.367 e. The molecule has 4 heteroatoms. The fourth-order valence-corrected chi connectivity index (χ4v) is 3.97. The van der Waals surface area contributed by atoms with Crippen LogP contribution in [0.15, 0.2) is 42.0 Å². The molecule has 3 rings (SSSR count). The summed E-state index contributed by atoms with van der Waals surface area (Å²) in [6, 6.07) is 9.79. The molecule has 0 aromatic heterocycles. The standard InChI is InChI=1S/C20H25NO3/c1-15-12-20(13-19(2,3)18(15)23)14-21(9-10-24-20)17(22)11-16-7-5-4-6-8-16/h4-8,12H,9-11,13-14H2,1-3H3.